The number of nitrogens with one attached hydrogen (secondary N) is 1. The van der Waals surface area contributed by atoms with Crippen LogP contribution < -0.4 is 10.2 Å². The molecule has 1 aromatic heterocycles. The Hall–Kier alpha value is -5.71. The van der Waals surface area contributed by atoms with Gasteiger partial charge in [0.1, 0.15) is 16.8 Å². The molecule has 1 unspecified atom stereocenters. The number of carbonyl (C=O) groups is 1. The van der Waals surface area contributed by atoms with E-state index < -0.39 is 22.8 Å². The van der Waals surface area contributed by atoms with Gasteiger partial charge in [-0.15, -0.1) is 5.10 Å². The van der Waals surface area contributed by atoms with Crippen LogP contribution in [0.25, 0.3) is 22.5 Å². The highest BCUT2D eigenvalue weighted by Crippen LogP contribution is 2.44. The molecule has 0 saturated carbocycles. The van der Waals surface area contributed by atoms with Crippen molar-refractivity contribution in [1.29, 1.82) is 0 Å². The van der Waals surface area contributed by atoms with E-state index in [4.69, 9.17) is 15.0 Å². The summed E-state index contributed by atoms with van der Waals surface area (Å²) in [4.78, 5) is 15.5. The lowest BCUT2D eigenvalue weighted by molar-refractivity contribution is -0.138. The number of nitrogens with zero attached hydrogens (tertiary/aromatic N) is 5. The third-order valence-electron chi connectivity index (χ3n) is 9.82. The summed E-state index contributed by atoms with van der Waals surface area (Å²) in [7, 11) is 0. The number of thioether (sulfide) groups is 1. The van der Waals surface area contributed by atoms with Gasteiger partial charge in [-0.2, -0.15) is 11.8 Å². The molecule has 10 heteroatoms. The highest BCUT2D eigenvalue weighted by Gasteiger charge is 2.49. The smallest absolute Gasteiger partial charge is 0.356 e. The highest BCUT2D eigenvalue weighted by molar-refractivity contribution is 7.98. The summed E-state index contributed by atoms with van der Waals surface area (Å²) in [5, 5.41) is 28.5. The van der Waals surface area contributed by atoms with E-state index >= 15 is 0 Å². The lowest BCUT2D eigenvalue weighted by atomic mass is 9.77. The Bertz CT molecular complexity index is 2160. The molecule has 1 aliphatic heterocycles. The lowest BCUT2D eigenvalue weighted by Crippen LogP contribution is -2.54. The average Bonchev–Trinajstić information content (AvgIpc) is 3.80. The summed E-state index contributed by atoms with van der Waals surface area (Å²) in [5.74, 6) is 0.742. The van der Waals surface area contributed by atoms with Crippen molar-refractivity contribution in [1.82, 2.24) is 25.5 Å². The molecular formula is C44H44N6O3S. The van der Waals surface area contributed by atoms with Gasteiger partial charge in [0.25, 0.3) is 0 Å². The van der Waals surface area contributed by atoms with Crippen LogP contribution in [0, 0.1) is 0 Å². The summed E-state index contributed by atoms with van der Waals surface area (Å²) in [6.07, 6.45) is 2.02. The Labute approximate surface area is 320 Å². The predicted molar refractivity (Wildman–Crippen MR) is 216 cm³/mol. The van der Waals surface area contributed by atoms with Crippen molar-refractivity contribution in [3.8, 4) is 22.5 Å². The van der Waals surface area contributed by atoms with Crippen LogP contribution in [0.1, 0.15) is 44.4 Å². The van der Waals surface area contributed by atoms with Gasteiger partial charge in [-0.05, 0) is 84.3 Å². The predicted octanol–water partition coefficient (Wildman–Crippen LogP) is 7.88. The van der Waals surface area contributed by atoms with Crippen molar-refractivity contribution in [3.05, 3.63) is 168 Å². The molecule has 0 radical (unpaired) electrons. The fourth-order valence-electron chi connectivity index (χ4n) is 7.58. The standard InChI is InChI=1S/C44H44N6O3S/c1-6-53-41(51)38-39(42(2,3)52)45-43(4,30-54-5)49(38)35-28-26-31(27-29-35)36-24-16-17-25-37(36)40-46-47-48-50(40)44(32-18-10-7-11-19-32,33-20-12-8-13-21-33)34-22-14-9-15-23-34/h7-29,45,52H,6,30H2,1-5H3. The van der Waals surface area contributed by atoms with Gasteiger partial charge < -0.3 is 20.1 Å². The van der Waals surface area contributed by atoms with Crippen molar-refractivity contribution in [2.24, 2.45) is 0 Å². The Kier molecular flexibility index (Phi) is 10.2. The molecule has 1 aliphatic rings. The zero-order valence-electron chi connectivity index (χ0n) is 31.1. The number of carbonyl (C=O) groups excluding carboxylic acids is 1. The van der Waals surface area contributed by atoms with E-state index in [0.717, 1.165) is 39.1 Å². The fraction of sp³-hybridized carbons (Fsp3) is 0.227. The molecule has 54 heavy (non-hydrogen) atoms. The van der Waals surface area contributed by atoms with Crippen LogP contribution >= 0.6 is 11.8 Å². The molecule has 0 amide bonds. The first kappa shape index (κ1) is 36.6. The summed E-state index contributed by atoms with van der Waals surface area (Å²) < 4.78 is 7.48. The first-order chi connectivity index (χ1) is 26.1. The van der Waals surface area contributed by atoms with Gasteiger partial charge in [0.05, 0.1) is 12.3 Å². The number of hydrogen-bond acceptors (Lipinski definition) is 9. The van der Waals surface area contributed by atoms with Gasteiger partial charge in [0.15, 0.2) is 11.5 Å². The number of hydrogen-bond donors (Lipinski definition) is 2. The van der Waals surface area contributed by atoms with Gasteiger partial charge in [-0.25, -0.2) is 9.48 Å². The monoisotopic (exact) mass is 736 g/mol. The molecule has 2 N–H and O–H groups in total. The SMILES string of the molecule is CCOC(=O)C1=C(C(C)(C)O)NC(C)(CSC)N1c1ccc(-c2ccccc2-c2nnnn2C(c2ccccc2)(c2ccccc2)c2ccccc2)cc1. The maximum absolute atomic E-state index is 13.6. The van der Waals surface area contributed by atoms with E-state index in [2.05, 4.69) is 53.0 Å². The lowest BCUT2D eigenvalue weighted by Gasteiger charge is -2.38. The number of tetrazole rings is 1. The molecular weight excluding hydrogens is 693 g/mol. The second-order valence-corrected chi connectivity index (χ2v) is 14.9. The van der Waals surface area contributed by atoms with Crippen molar-refractivity contribution in [2.45, 2.75) is 44.5 Å². The van der Waals surface area contributed by atoms with Crippen LogP contribution in [0.4, 0.5) is 5.69 Å². The molecule has 274 valence electrons. The average molecular weight is 737 g/mol. The van der Waals surface area contributed by atoms with Crippen LogP contribution in [-0.4, -0.2) is 61.2 Å². The number of benzene rings is 5. The molecule has 0 fully saturated rings. The van der Waals surface area contributed by atoms with Crippen molar-refractivity contribution in [2.75, 3.05) is 23.5 Å². The fourth-order valence-corrected chi connectivity index (χ4v) is 8.34. The summed E-state index contributed by atoms with van der Waals surface area (Å²) >= 11 is 1.65. The Balaban J connectivity index is 1.38. The molecule has 7 rings (SSSR count). The Morgan fingerprint density at radius 1 is 0.796 bits per heavy atom. The van der Waals surface area contributed by atoms with Crippen molar-refractivity contribution < 1.29 is 14.6 Å². The van der Waals surface area contributed by atoms with Crippen LogP contribution in [0.5, 0.6) is 0 Å². The van der Waals surface area contributed by atoms with Gasteiger partial charge in [0.2, 0.25) is 0 Å². The quantitative estimate of drug-likeness (QED) is 0.0959. The second kappa shape index (κ2) is 15.0. The topological polar surface area (TPSA) is 105 Å². The molecule has 2 heterocycles. The van der Waals surface area contributed by atoms with E-state index in [0.29, 0.717) is 23.0 Å². The number of anilines is 1. The molecule has 1 atom stereocenters. The van der Waals surface area contributed by atoms with E-state index in [1.165, 1.54) is 0 Å². The zero-order valence-corrected chi connectivity index (χ0v) is 31.9. The third-order valence-corrected chi connectivity index (χ3v) is 10.7. The maximum atomic E-state index is 13.6. The molecule has 0 saturated heterocycles. The zero-order chi connectivity index (χ0) is 37.9. The number of rotatable bonds is 12. The van der Waals surface area contributed by atoms with Crippen LogP contribution in [0.15, 0.2) is 151 Å². The van der Waals surface area contributed by atoms with Crippen LogP contribution in [0.2, 0.25) is 0 Å². The highest BCUT2D eigenvalue weighted by atomic mass is 32.2. The normalized spacial score (nSPS) is 16.0. The minimum atomic E-state index is -1.31. The first-order valence-corrected chi connectivity index (χ1v) is 19.4. The molecule has 6 aromatic rings. The first-order valence-electron chi connectivity index (χ1n) is 18.0. The van der Waals surface area contributed by atoms with Gasteiger partial charge in [-0.3, -0.25) is 0 Å². The van der Waals surface area contributed by atoms with Crippen LogP contribution in [0.3, 0.4) is 0 Å². The van der Waals surface area contributed by atoms with Crippen LogP contribution in [-0.2, 0) is 15.1 Å². The van der Waals surface area contributed by atoms with Gasteiger partial charge >= 0.3 is 5.97 Å². The summed E-state index contributed by atoms with van der Waals surface area (Å²) in [6, 6.07) is 47.3. The largest absolute Gasteiger partial charge is 0.461 e. The summed E-state index contributed by atoms with van der Waals surface area (Å²) in [6.45, 7) is 7.37. The molecule has 0 aliphatic carbocycles. The second-order valence-electron chi connectivity index (χ2n) is 14.0. The molecule has 0 spiro atoms. The molecule has 0 bridgehead atoms. The molecule has 5 aromatic carbocycles. The Morgan fingerprint density at radius 3 is 1.81 bits per heavy atom. The number of esters is 1. The maximum Gasteiger partial charge on any atom is 0.356 e. The number of aliphatic hydroxyl groups is 1. The third kappa shape index (κ3) is 6.45. The van der Waals surface area contributed by atoms with E-state index in [-0.39, 0.29) is 6.61 Å². The molecule has 9 nitrogen and oxygen atoms in total. The van der Waals surface area contributed by atoms with Gasteiger partial charge in [0, 0.05) is 17.0 Å². The minimum Gasteiger partial charge on any atom is -0.461 e. The number of aromatic nitrogens is 4. The number of ether oxygens (including phenoxy) is 1. The van der Waals surface area contributed by atoms with E-state index in [1.807, 2.05) is 120 Å². The van der Waals surface area contributed by atoms with Crippen molar-refractivity contribution in [3.63, 3.8) is 0 Å². The summed E-state index contributed by atoms with van der Waals surface area (Å²) in [5.41, 5.74) is 4.36. The van der Waals surface area contributed by atoms with Crippen molar-refractivity contribution >= 4 is 23.4 Å². The van der Waals surface area contributed by atoms with Gasteiger partial charge in [-0.1, -0.05) is 127 Å². The van der Waals surface area contributed by atoms with E-state index in [9.17, 15) is 9.90 Å². The minimum absolute atomic E-state index is 0.212. The Morgan fingerprint density at radius 2 is 1.31 bits per heavy atom. The van der Waals surface area contributed by atoms with E-state index in [1.54, 1.807) is 32.5 Å².